The smallest absolute Gasteiger partial charge is 0.238 e. The van der Waals surface area contributed by atoms with Crippen molar-refractivity contribution in [2.75, 3.05) is 4.90 Å². The molecule has 9 aromatic carbocycles. The van der Waals surface area contributed by atoms with Crippen molar-refractivity contribution in [1.82, 2.24) is 19.5 Å². The summed E-state index contributed by atoms with van der Waals surface area (Å²) in [6.45, 7) is 4.69. The van der Waals surface area contributed by atoms with Gasteiger partial charge >= 0.3 is 0 Å². The lowest BCUT2D eigenvalue weighted by Gasteiger charge is -2.42. The maximum absolute atomic E-state index is 5.49. The average molecular weight is 844 g/mol. The van der Waals surface area contributed by atoms with Crippen LogP contribution in [0, 0.1) is 0 Å². The van der Waals surface area contributed by atoms with E-state index in [-0.39, 0.29) is 5.41 Å². The summed E-state index contributed by atoms with van der Waals surface area (Å²) < 4.78 is 2.26. The Balaban J connectivity index is 1.01. The van der Waals surface area contributed by atoms with Crippen molar-refractivity contribution in [3.63, 3.8) is 0 Å². The van der Waals surface area contributed by atoms with Crippen LogP contribution in [-0.4, -0.2) is 19.5 Å². The molecule has 2 aromatic heterocycles. The van der Waals surface area contributed by atoms with E-state index < -0.39 is 5.41 Å². The lowest BCUT2D eigenvalue weighted by atomic mass is 9.70. The molecule has 0 fully saturated rings. The third kappa shape index (κ3) is 4.92. The zero-order valence-corrected chi connectivity index (χ0v) is 36.4. The van der Waals surface area contributed by atoms with Crippen molar-refractivity contribution in [2.45, 2.75) is 24.7 Å². The molecule has 5 nitrogen and oxygen atoms in total. The van der Waals surface area contributed by atoms with Gasteiger partial charge in [-0.2, -0.15) is 9.97 Å². The molecule has 0 amide bonds. The van der Waals surface area contributed by atoms with Crippen molar-refractivity contribution in [2.24, 2.45) is 0 Å². The quantitative estimate of drug-likeness (QED) is 0.177. The standard InChI is InChI=1S/C61H41N5/c1-60(2)51-30-16-18-32-54(51)65(40-21-7-4-8-22-40)56-36-46-44-26-12-17-31-53(44)66(55(46)37-52(56)60)59-63-57(38-19-5-3-6-20-38)62-58(64-59)39-33-34-50-45(35-39)43-25-11-15-29-49(43)61(50)47-27-13-9-23-41(47)42-24-10-14-28-48(42)61/h3-37H,1-2H3. The van der Waals surface area contributed by atoms with Gasteiger partial charge in [0.15, 0.2) is 11.6 Å². The molecule has 11 aromatic rings. The van der Waals surface area contributed by atoms with E-state index in [2.05, 4.69) is 217 Å². The van der Waals surface area contributed by atoms with Crippen molar-refractivity contribution < 1.29 is 0 Å². The highest BCUT2D eigenvalue weighted by Gasteiger charge is 2.51. The van der Waals surface area contributed by atoms with Gasteiger partial charge in [-0.3, -0.25) is 4.57 Å². The number of hydrogen-bond donors (Lipinski definition) is 0. The first-order valence-corrected chi connectivity index (χ1v) is 22.8. The van der Waals surface area contributed by atoms with Gasteiger partial charge in [0.2, 0.25) is 5.95 Å². The number of aromatic nitrogens is 4. The zero-order chi connectivity index (χ0) is 43.7. The maximum Gasteiger partial charge on any atom is 0.238 e. The Labute approximate surface area is 383 Å². The van der Waals surface area contributed by atoms with E-state index in [1.54, 1.807) is 0 Å². The molecule has 1 spiro atoms. The van der Waals surface area contributed by atoms with Crippen LogP contribution in [0.15, 0.2) is 212 Å². The summed E-state index contributed by atoms with van der Waals surface area (Å²) in [6, 6.07) is 77.0. The van der Waals surface area contributed by atoms with Crippen LogP contribution in [0.2, 0.25) is 0 Å². The van der Waals surface area contributed by atoms with Gasteiger partial charge in [0.05, 0.1) is 27.8 Å². The Hall–Kier alpha value is -8.41. The third-order valence-electron chi connectivity index (χ3n) is 14.6. The van der Waals surface area contributed by atoms with Gasteiger partial charge in [-0.25, -0.2) is 4.98 Å². The zero-order valence-electron chi connectivity index (χ0n) is 36.4. The number of anilines is 3. The molecule has 66 heavy (non-hydrogen) atoms. The molecular weight excluding hydrogens is 803 g/mol. The van der Waals surface area contributed by atoms with Gasteiger partial charge in [-0.1, -0.05) is 184 Å². The van der Waals surface area contributed by atoms with Gasteiger partial charge in [0.25, 0.3) is 0 Å². The number of rotatable bonds is 4. The molecule has 14 rings (SSSR count). The fourth-order valence-electron chi connectivity index (χ4n) is 11.8. The van der Waals surface area contributed by atoms with E-state index in [1.807, 2.05) is 18.2 Å². The Kier molecular flexibility index (Phi) is 7.60. The molecule has 0 unspecified atom stereocenters. The van der Waals surface area contributed by atoms with Crippen LogP contribution in [0.3, 0.4) is 0 Å². The number of para-hydroxylation sites is 3. The molecule has 0 bridgehead atoms. The maximum atomic E-state index is 5.49. The molecule has 3 heterocycles. The lowest BCUT2D eigenvalue weighted by molar-refractivity contribution is 0.632. The van der Waals surface area contributed by atoms with E-state index in [1.165, 1.54) is 67.0 Å². The van der Waals surface area contributed by atoms with Crippen molar-refractivity contribution >= 4 is 38.9 Å². The second kappa shape index (κ2) is 13.6. The van der Waals surface area contributed by atoms with Crippen LogP contribution in [0.5, 0.6) is 0 Å². The normalized spacial score (nSPS) is 14.4. The van der Waals surface area contributed by atoms with Crippen molar-refractivity contribution in [3.8, 4) is 51.0 Å². The number of hydrogen-bond acceptors (Lipinski definition) is 4. The largest absolute Gasteiger partial charge is 0.310 e. The van der Waals surface area contributed by atoms with Gasteiger partial charge in [0, 0.05) is 33.0 Å². The summed E-state index contributed by atoms with van der Waals surface area (Å²) in [5.74, 6) is 1.83. The monoisotopic (exact) mass is 843 g/mol. The van der Waals surface area contributed by atoms with E-state index >= 15 is 0 Å². The molecule has 0 atom stereocenters. The summed E-state index contributed by atoms with van der Waals surface area (Å²) in [5.41, 5.74) is 19.5. The van der Waals surface area contributed by atoms with Crippen LogP contribution in [0.25, 0.3) is 72.8 Å². The Bertz CT molecular complexity index is 3760. The second-order valence-electron chi connectivity index (χ2n) is 18.3. The Morgan fingerprint density at radius 1 is 0.364 bits per heavy atom. The summed E-state index contributed by atoms with van der Waals surface area (Å²) in [4.78, 5) is 18.6. The minimum absolute atomic E-state index is 0.301. The fourth-order valence-corrected chi connectivity index (χ4v) is 11.8. The summed E-state index contributed by atoms with van der Waals surface area (Å²) in [5, 5.41) is 2.28. The SMILES string of the molecule is CC1(C)c2ccccc2N(c2ccccc2)c2cc3c4ccccc4n(-c4nc(-c5ccccc5)nc(-c5ccc6c(c5)-c5ccccc5C65c6ccccc6-c6ccccc65)n4)c3cc21. The topological polar surface area (TPSA) is 46.8 Å². The first-order valence-electron chi connectivity index (χ1n) is 22.8. The Morgan fingerprint density at radius 3 is 1.61 bits per heavy atom. The molecule has 1 aliphatic heterocycles. The van der Waals surface area contributed by atoms with Crippen molar-refractivity contribution in [3.05, 3.63) is 246 Å². The first-order chi connectivity index (χ1) is 32.5. The van der Waals surface area contributed by atoms with Gasteiger partial charge in [-0.05, 0) is 98.1 Å². The summed E-state index contributed by atoms with van der Waals surface area (Å²) >= 11 is 0. The molecule has 3 aliphatic rings. The highest BCUT2D eigenvalue weighted by atomic mass is 15.2. The minimum Gasteiger partial charge on any atom is -0.310 e. The van der Waals surface area contributed by atoms with Crippen LogP contribution in [-0.2, 0) is 10.8 Å². The molecule has 0 saturated heterocycles. The van der Waals surface area contributed by atoms with Crippen LogP contribution >= 0.6 is 0 Å². The molecule has 310 valence electrons. The predicted octanol–water partition coefficient (Wildman–Crippen LogP) is 14.8. The highest BCUT2D eigenvalue weighted by molar-refractivity contribution is 6.11. The van der Waals surface area contributed by atoms with Gasteiger partial charge in [-0.15, -0.1) is 0 Å². The van der Waals surface area contributed by atoms with Crippen LogP contribution in [0.4, 0.5) is 17.1 Å². The fraction of sp³-hybridized carbons (Fsp3) is 0.0656. The molecular formula is C61H41N5. The number of nitrogens with zero attached hydrogens (tertiary/aromatic N) is 5. The van der Waals surface area contributed by atoms with Crippen LogP contribution in [0.1, 0.15) is 47.2 Å². The number of fused-ring (bicyclic) bond motifs is 15. The summed E-state index contributed by atoms with van der Waals surface area (Å²) in [7, 11) is 0. The molecule has 0 saturated carbocycles. The van der Waals surface area contributed by atoms with E-state index in [0.29, 0.717) is 17.6 Å². The van der Waals surface area contributed by atoms with Crippen molar-refractivity contribution in [1.29, 1.82) is 0 Å². The summed E-state index contributed by atoms with van der Waals surface area (Å²) in [6.07, 6.45) is 0. The molecule has 0 N–H and O–H groups in total. The minimum atomic E-state index is -0.427. The Morgan fingerprint density at radius 2 is 0.909 bits per heavy atom. The van der Waals surface area contributed by atoms with E-state index in [0.717, 1.165) is 38.6 Å². The average Bonchev–Trinajstić information content (AvgIpc) is 3.98. The highest BCUT2D eigenvalue weighted by Crippen LogP contribution is 2.63. The van der Waals surface area contributed by atoms with Gasteiger partial charge in [0.1, 0.15) is 0 Å². The lowest BCUT2D eigenvalue weighted by Crippen LogP contribution is -2.30. The first kappa shape index (κ1) is 37.0. The second-order valence-corrected chi connectivity index (χ2v) is 18.3. The van der Waals surface area contributed by atoms with E-state index in [9.17, 15) is 0 Å². The van der Waals surface area contributed by atoms with Crippen LogP contribution < -0.4 is 4.90 Å². The third-order valence-corrected chi connectivity index (χ3v) is 14.6. The van der Waals surface area contributed by atoms with E-state index in [4.69, 9.17) is 15.0 Å². The molecule has 5 heteroatoms. The molecule has 2 aliphatic carbocycles. The predicted molar refractivity (Wildman–Crippen MR) is 268 cm³/mol. The molecule has 0 radical (unpaired) electrons. The number of benzene rings is 9. The van der Waals surface area contributed by atoms with Gasteiger partial charge < -0.3 is 4.90 Å².